The molecule has 4 rings (SSSR count). The molecule has 9 heteroatoms. The van der Waals surface area contributed by atoms with E-state index in [1.807, 2.05) is 13.8 Å². The van der Waals surface area contributed by atoms with E-state index in [9.17, 15) is 17.6 Å². The van der Waals surface area contributed by atoms with Gasteiger partial charge in [-0.1, -0.05) is 12.1 Å². The number of aromatic nitrogens is 1. The highest BCUT2D eigenvalue weighted by Crippen LogP contribution is 2.33. The smallest absolute Gasteiger partial charge is 0.419 e. The van der Waals surface area contributed by atoms with Crippen molar-refractivity contribution in [1.29, 1.82) is 0 Å². The molecule has 2 heterocycles. The number of halogens is 1. The van der Waals surface area contributed by atoms with Crippen LogP contribution < -0.4 is 5.32 Å². The molecule has 2 unspecified atom stereocenters. The SMILES string of the molecule is CC1CN(S(=O)(=O)c2ccc(-c3cn(C(=O)OC(C)(C)C)c4cc(F)ccc34)cc2)CC(C)N1. The minimum atomic E-state index is -3.64. The predicted molar refractivity (Wildman–Crippen MR) is 130 cm³/mol. The molecule has 1 aliphatic heterocycles. The summed E-state index contributed by atoms with van der Waals surface area (Å²) in [5, 5.41) is 4.00. The summed E-state index contributed by atoms with van der Waals surface area (Å²) in [7, 11) is -3.64. The predicted octanol–water partition coefficient (Wildman–Crippen LogP) is 4.60. The number of rotatable bonds is 3. The number of nitrogens with one attached hydrogen (secondary N) is 1. The van der Waals surface area contributed by atoms with E-state index in [0.29, 0.717) is 35.1 Å². The Labute approximate surface area is 199 Å². The molecule has 1 N–H and O–H groups in total. The number of ether oxygens (including phenoxy) is 1. The molecule has 34 heavy (non-hydrogen) atoms. The normalized spacial score (nSPS) is 19.9. The molecule has 0 saturated carbocycles. The number of hydrogen-bond donors (Lipinski definition) is 1. The molecule has 0 bridgehead atoms. The third-order valence-corrected chi connectivity index (χ3v) is 7.53. The molecule has 182 valence electrons. The molecule has 0 radical (unpaired) electrons. The second kappa shape index (κ2) is 8.79. The Morgan fingerprint density at radius 3 is 2.26 bits per heavy atom. The second-order valence-corrected chi connectivity index (χ2v) is 11.8. The van der Waals surface area contributed by atoms with Crippen LogP contribution >= 0.6 is 0 Å². The number of benzene rings is 2. The summed E-state index contributed by atoms with van der Waals surface area (Å²) in [6.45, 7) is 10.0. The van der Waals surface area contributed by atoms with Crippen molar-refractivity contribution < 1.29 is 22.3 Å². The average molecular weight is 488 g/mol. The maximum atomic E-state index is 14.0. The fraction of sp³-hybridized carbons (Fsp3) is 0.400. The van der Waals surface area contributed by atoms with Gasteiger partial charge in [0.25, 0.3) is 0 Å². The highest BCUT2D eigenvalue weighted by Gasteiger charge is 2.31. The lowest BCUT2D eigenvalue weighted by Crippen LogP contribution is -2.55. The molecule has 0 spiro atoms. The lowest BCUT2D eigenvalue weighted by atomic mass is 10.1. The number of hydrogen-bond acceptors (Lipinski definition) is 5. The van der Waals surface area contributed by atoms with Crippen LogP contribution in [0.25, 0.3) is 22.0 Å². The number of sulfonamides is 1. The van der Waals surface area contributed by atoms with Crippen molar-refractivity contribution in [2.45, 2.75) is 57.2 Å². The molecule has 0 amide bonds. The zero-order chi connectivity index (χ0) is 24.8. The first-order valence-electron chi connectivity index (χ1n) is 11.3. The number of fused-ring (bicyclic) bond motifs is 1. The summed E-state index contributed by atoms with van der Waals surface area (Å²) in [5.41, 5.74) is 1.05. The van der Waals surface area contributed by atoms with Gasteiger partial charge in [0, 0.05) is 42.3 Å². The van der Waals surface area contributed by atoms with Gasteiger partial charge >= 0.3 is 6.09 Å². The van der Waals surface area contributed by atoms with E-state index < -0.39 is 27.5 Å². The number of carbonyl (C=O) groups is 1. The van der Waals surface area contributed by atoms with Crippen molar-refractivity contribution >= 4 is 27.0 Å². The van der Waals surface area contributed by atoms with E-state index in [-0.39, 0.29) is 17.0 Å². The lowest BCUT2D eigenvalue weighted by Gasteiger charge is -2.35. The molecule has 3 aromatic rings. The zero-order valence-electron chi connectivity index (χ0n) is 20.0. The van der Waals surface area contributed by atoms with Gasteiger partial charge in [0.1, 0.15) is 11.4 Å². The Morgan fingerprint density at radius 1 is 1.06 bits per heavy atom. The zero-order valence-corrected chi connectivity index (χ0v) is 20.8. The molecule has 1 aliphatic rings. The minimum absolute atomic E-state index is 0.0668. The van der Waals surface area contributed by atoms with Crippen LogP contribution in [0.3, 0.4) is 0 Å². The Bertz CT molecular complexity index is 1320. The van der Waals surface area contributed by atoms with E-state index in [1.54, 1.807) is 57.3 Å². The van der Waals surface area contributed by atoms with Crippen molar-refractivity contribution in [1.82, 2.24) is 14.2 Å². The van der Waals surface area contributed by atoms with Gasteiger partial charge in [0.05, 0.1) is 10.4 Å². The van der Waals surface area contributed by atoms with Gasteiger partial charge in [-0.15, -0.1) is 0 Å². The molecule has 2 aromatic carbocycles. The van der Waals surface area contributed by atoms with Crippen LogP contribution in [-0.2, 0) is 14.8 Å². The standard InChI is InChI=1S/C25H30FN3O4S/c1-16-13-28(14-17(2)27-16)34(31,32)20-9-6-18(7-10-20)22-15-29(24(30)33-25(3,4)5)23-12-19(26)8-11-21(22)23/h6-12,15-17,27H,13-14H2,1-5H3. The van der Waals surface area contributed by atoms with Gasteiger partial charge in [0.2, 0.25) is 10.0 Å². The topological polar surface area (TPSA) is 80.6 Å². The highest BCUT2D eigenvalue weighted by atomic mass is 32.2. The van der Waals surface area contributed by atoms with E-state index in [1.165, 1.54) is 21.0 Å². The molecule has 1 saturated heterocycles. The summed E-state index contributed by atoms with van der Waals surface area (Å²) in [6, 6.07) is 10.9. The Morgan fingerprint density at radius 2 is 1.68 bits per heavy atom. The van der Waals surface area contributed by atoms with Gasteiger partial charge in [-0.05, 0) is 70.5 Å². The van der Waals surface area contributed by atoms with E-state index in [0.717, 1.165) is 0 Å². The van der Waals surface area contributed by atoms with Crippen molar-refractivity contribution in [3.63, 3.8) is 0 Å². The third-order valence-electron chi connectivity index (χ3n) is 5.69. The molecule has 7 nitrogen and oxygen atoms in total. The number of carbonyl (C=O) groups excluding carboxylic acids is 1. The first kappa shape index (κ1) is 24.4. The Kier molecular flexibility index (Phi) is 6.30. The number of nitrogens with zero attached hydrogens (tertiary/aromatic N) is 2. The van der Waals surface area contributed by atoms with Gasteiger partial charge in [-0.3, -0.25) is 4.57 Å². The van der Waals surface area contributed by atoms with Crippen LogP contribution in [0, 0.1) is 5.82 Å². The van der Waals surface area contributed by atoms with Crippen LogP contribution in [0.5, 0.6) is 0 Å². The third kappa shape index (κ3) is 4.87. The van der Waals surface area contributed by atoms with Crippen LogP contribution in [0.1, 0.15) is 34.6 Å². The maximum absolute atomic E-state index is 14.0. The molecule has 2 atom stereocenters. The van der Waals surface area contributed by atoms with Crippen LogP contribution in [-0.4, -0.2) is 54.2 Å². The molecule has 0 aliphatic carbocycles. The lowest BCUT2D eigenvalue weighted by molar-refractivity contribution is 0.0544. The fourth-order valence-corrected chi connectivity index (χ4v) is 5.94. The largest absolute Gasteiger partial charge is 0.443 e. The quantitative estimate of drug-likeness (QED) is 0.584. The van der Waals surface area contributed by atoms with E-state index in [4.69, 9.17) is 4.74 Å². The summed E-state index contributed by atoms with van der Waals surface area (Å²) in [5.74, 6) is -0.470. The van der Waals surface area contributed by atoms with Gasteiger partial charge in [0.15, 0.2) is 0 Å². The fourth-order valence-electron chi connectivity index (χ4n) is 4.32. The van der Waals surface area contributed by atoms with Gasteiger partial charge < -0.3 is 10.1 Å². The second-order valence-electron chi connectivity index (χ2n) is 9.87. The van der Waals surface area contributed by atoms with Crippen molar-refractivity contribution in [3.05, 3.63) is 54.5 Å². The Balaban J connectivity index is 1.71. The van der Waals surface area contributed by atoms with Gasteiger partial charge in [-0.25, -0.2) is 17.6 Å². The monoisotopic (exact) mass is 487 g/mol. The first-order valence-corrected chi connectivity index (χ1v) is 12.7. The molecular formula is C25H30FN3O4S. The Hall–Kier alpha value is -2.75. The van der Waals surface area contributed by atoms with Crippen LogP contribution in [0.2, 0.25) is 0 Å². The van der Waals surface area contributed by atoms with Crippen molar-refractivity contribution in [2.24, 2.45) is 0 Å². The first-order chi connectivity index (χ1) is 15.8. The van der Waals surface area contributed by atoms with Crippen LogP contribution in [0.4, 0.5) is 9.18 Å². The summed E-state index contributed by atoms with van der Waals surface area (Å²) in [4.78, 5) is 13.0. The van der Waals surface area contributed by atoms with E-state index in [2.05, 4.69) is 5.32 Å². The highest BCUT2D eigenvalue weighted by molar-refractivity contribution is 7.89. The molecule has 1 fully saturated rings. The summed E-state index contributed by atoms with van der Waals surface area (Å²) in [6.07, 6.45) is 0.983. The van der Waals surface area contributed by atoms with E-state index >= 15 is 0 Å². The molecule has 1 aromatic heterocycles. The summed E-state index contributed by atoms with van der Waals surface area (Å²) < 4.78 is 48.7. The van der Waals surface area contributed by atoms with Crippen molar-refractivity contribution in [3.8, 4) is 11.1 Å². The van der Waals surface area contributed by atoms with Crippen LogP contribution in [0.15, 0.2) is 53.6 Å². The summed E-state index contributed by atoms with van der Waals surface area (Å²) >= 11 is 0. The average Bonchev–Trinajstić information content (AvgIpc) is 3.10. The minimum Gasteiger partial charge on any atom is -0.443 e. The van der Waals surface area contributed by atoms with Crippen molar-refractivity contribution in [2.75, 3.05) is 13.1 Å². The molecular weight excluding hydrogens is 457 g/mol. The maximum Gasteiger partial charge on any atom is 0.419 e. The number of piperazine rings is 1. The van der Waals surface area contributed by atoms with Gasteiger partial charge in [-0.2, -0.15) is 4.31 Å².